The molecule has 0 saturated carbocycles. The average molecular weight is 522 g/mol. The van der Waals surface area contributed by atoms with E-state index in [1.807, 2.05) is 37.5 Å². The molecule has 1 fully saturated rings. The normalized spacial score (nSPS) is 16.7. The van der Waals surface area contributed by atoms with E-state index in [-0.39, 0.29) is 5.69 Å². The third kappa shape index (κ3) is 5.72. The topological polar surface area (TPSA) is 70.2 Å². The van der Waals surface area contributed by atoms with E-state index in [2.05, 4.69) is 38.5 Å². The van der Waals surface area contributed by atoms with Crippen LogP contribution < -0.4 is 10.6 Å². The molecule has 2 N–H and O–H groups in total. The highest BCUT2D eigenvalue weighted by molar-refractivity contribution is 6.27. The molecule has 1 saturated heterocycles. The number of halogens is 3. The van der Waals surface area contributed by atoms with Crippen molar-refractivity contribution in [1.29, 1.82) is 0 Å². The van der Waals surface area contributed by atoms with Crippen LogP contribution in [0.15, 0.2) is 60.6 Å². The van der Waals surface area contributed by atoms with Gasteiger partial charge in [-0.15, -0.1) is 0 Å². The summed E-state index contributed by atoms with van der Waals surface area (Å²) >= 11 is 0. The number of amides is 1. The Morgan fingerprint density at radius 3 is 2.66 bits per heavy atom. The first-order chi connectivity index (χ1) is 18.2. The molecule has 0 aliphatic carbocycles. The second-order valence-electron chi connectivity index (χ2n) is 10.2. The molecule has 4 heterocycles. The average Bonchev–Trinajstić information content (AvgIpc) is 2.89. The first-order valence-corrected chi connectivity index (χ1v) is 12.8. The van der Waals surface area contributed by atoms with Gasteiger partial charge in [0.05, 0.1) is 0 Å². The molecule has 2 aliphatic rings. The lowest BCUT2D eigenvalue weighted by Crippen LogP contribution is -2.32. The lowest BCUT2D eigenvalue weighted by Gasteiger charge is -2.30. The molecule has 2 aromatic heterocycles. The van der Waals surface area contributed by atoms with Gasteiger partial charge in [-0.3, -0.25) is 19.7 Å². The Hall–Kier alpha value is -3.72. The molecule has 2 aliphatic heterocycles. The third-order valence-electron chi connectivity index (χ3n) is 7.21. The van der Waals surface area contributed by atoms with Crippen molar-refractivity contribution in [2.45, 2.75) is 39.4 Å². The summed E-state index contributed by atoms with van der Waals surface area (Å²) in [5, 5.41) is 5.95. The Morgan fingerprint density at radius 1 is 1.11 bits per heavy atom. The van der Waals surface area contributed by atoms with Crippen LogP contribution in [0.25, 0.3) is 16.7 Å². The Balaban J connectivity index is 1.40. The minimum atomic E-state index is -4.60. The fourth-order valence-corrected chi connectivity index (χ4v) is 5.01. The molecular weight excluding hydrogens is 491 g/mol. The number of pyridine rings is 2. The van der Waals surface area contributed by atoms with E-state index in [1.165, 1.54) is 18.9 Å². The molecule has 0 spiro atoms. The van der Waals surface area contributed by atoms with Crippen LogP contribution in [0, 0.1) is 5.92 Å². The van der Waals surface area contributed by atoms with Gasteiger partial charge in [0, 0.05) is 59.8 Å². The van der Waals surface area contributed by atoms with Crippen molar-refractivity contribution in [2.75, 3.05) is 30.3 Å². The zero-order chi connectivity index (χ0) is 26.9. The largest absolute Gasteiger partial charge is 0.433 e. The molecule has 3 aromatic rings. The van der Waals surface area contributed by atoms with Crippen LogP contribution in [0.5, 0.6) is 0 Å². The second kappa shape index (κ2) is 10.6. The summed E-state index contributed by atoms with van der Waals surface area (Å²) in [5.74, 6) is 0.306. The standard InChI is InChI=1S/C29H30F3N5O/c1-18-6-9-37(10-7-18)17-20-11-22(16-33-15-20)21-3-4-25-24(12-21)27(19(2)14-35-25)28(38)36-23-5-8-34-26(13-23)29(30,31)32/h3-5,8,11-13,15-16,18,35H,6-7,9-10,14,17H2,1-2H3,(H,34,36,38). The molecule has 0 radical (unpaired) electrons. The number of anilines is 2. The van der Waals surface area contributed by atoms with E-state index in [9.17, 15) is 18.0 Å². The number of alkyl halides is 3. The number of piperidine rings is 1. The van der Waals surface area contributed by atoms with Crippen LogP contribution >= 0.6 is 0 Å². The summed E-state index contributed by atoms with van der Waals surface area (Å²) in [6.07, 6.45) is 2.57. The number of carbonyl (C=O) groups is 1. The quantitative estimate of drug-likeness (QED) is 0.417. The predicted molar refractivity (Wildman–Crippen MR) is 142 cm³/mol. The van der Waals surface area contributed by atoms with E-state index in [1.54, 1.807) is 0 Å². The smallest absolute Gasteiger partial charge is 0.381 e. The van der Waals surface area contributed by atoms with Gasteiger partial charge < -0.3 is 10.6 Å². The van der Waals surface area contributed by atoms with Gasteiger partial charge in [0.2, 0.25) is 0 Å². The molecule has 6 nitrogen and oxygen atoms in total. The fourth-order valence-electron chi connectivity index (χ4n) is 5.01. The Bertz CT molecular complexity index is 1380. The van der Waals surface area contributed by atoms with Gasteiger partial charge in [0.1, 0.15) is 5.69 Å². The molecule has 1 aromatic carbocycles. The van der Waals surface area contributed by atoms with Crippen molar-refractivity contribution >= 4 is 22.9 Å². The molecule has 5 rings (SSSR count). The summed E-state index contributed by atoms with van der Waals surface area (Å²) in [6.45, 7) is 7.61. The van der Waals surface area contributed by atoms with Crippen molar-refractivity contribution in [2.24, 2.45) is 5.92 Å². The van der Waals surface area contributed by atoms with Crippen LogP contribution in [0.1, 0.15) is 43.5 Å². The Morgan fingerprint density at radius 2 is 1.89 bits per heavy atom. The summed E-state index contributed by atoms with van der Waals surface area (Å²) < 4.78 is 39.3. The molecule has 198 valence electrons. The number of hydrogen-bond donors (Lipinski definition) is 2. The number of hydrogen-bond acceptors (Lipinski definition) is 5. The highest BCUT2D eigenvalue weighted by Crippen LogP contribution is 2.36. The minimum Gasteiger partial charge on any atom is -0.381 e. The van der Waals surface area contributed by atoms with Gasteiger partial charge in [-0.2, -0.15) is 13.2 Å². The second-order valence-corrected chi connectivity index (χ2v) is 10.2. The van der Waals surface area contributed by atoms with E-state index in [0.29, 0.717) is 17.7 Å². The van der Waals surface area contributed by atoms with Gasteiger partial charge >= 0.3 is 6.18 Å². The monoisotopic (exact) mass is 521 g/mol. The lowest BCUT2D eigenvalue weighted by molar-refractivity contribution is -0.141. The van der Waals surface area contributed by atoms with E-state index < -0.39 is 17.8 Å². The van der Waals surface area contributed by atoms with Gasteiger partial charge in [-0.25, -0.2) is 0 Å². The summed E-state index contributed by atoms with van der Waals surface area (Å²) in [6, 6.07) is 10.2. The first kappa shape index (κ1) is 25.9. The van der Waals surface area contributed by atoms with E-state index >= 15 is 0 Å². The van der Waals surface area contributed by atoms with Crippen molar-refractivity contribution in [3.05, 3.63) is 77.4 Å². The molecule has 38 heavy (non-hydrogen) atoms. The number of aromatic nitrogens is 2. The third-order valence-corrected chi connectivity index (χ3v) is 7.21. The highest BCUT2D eigenvalue weighted by Gasteiger charge is 2.33. The number of nitrogens with one attached hydrogen (secondary N) is 2. The number of carbonyl (C=O) groups excluding carboxylic acids is 1. The molecule has 0 atom stereocenters. The Kier molecular flexibility index (Phi) is 7.21. The van der Waals surface area contributed by atoms with E-state index in [4.69, 9.17) is 0 Å². The molecular formula is C29H30F3N5O. The van der Waals surface area contributed by atoms with Crippen molar-refractivity contribution in [1.82, 2.24) is 14.9 Å². The van der Waals surface area contributed by atoms with Gasteiger partial charge in [-0.1, -0.05) is 13.0 Å². The van der Waals surface area contributed by atoms with Gasteiger partial charge in [0.15, 0.2) is 0 Å². The van der Waals surface area contributed by atoms with Crippen LogP contribution in [-0.2, 0) is 17.5 Å². The SMILES string of the molecule is CC1=C(C(=O)Nc2ccnc(C(F)(F)F)c2)c2cc(-c3cncc(CN4CCC(C)CC4)c3)ccc2NC1. The number of fused-ring (bicyclic) bond motifs is 1. The van der Waals surface area contributed by atoms with Gasteiger partial charge in [0.25, 0.3) is 5.91 Å². The molecule has 0 bridgehead atoms. The summed E-state index contributed by atoms with van der Waals surface area (Å²) in [4.78, 5) is 23.6. The summed E-state index contributed by atoms with van der Waals surface area (Å²) in [5.41, 5.74) is 4.71. The lowest BCUT2D eigenvalue weighted by atomic mass is 9.91. The molecule has 9 heteroatoms. The number of benzene rings is 1. The number of nitrogens with zero attached hydrogens (tertiary/aromatic N) is 3. The predicted octanol–water partition coefficient (Wildman–Crippen LogP) is 6.23. The summed E-state index contributed by atoms with van der Waals surface area (Å²) in [7, 11) is 0. The fraction of sp³-hybridized carbons (Fsp3) is 0.345. The van der Waals surface area contributed by atoms with Crippen LogP contribution in [0.2, 0.25) is 0 Å². The maximum atomic E-state index is 13.3. The maximum Gasteiger partial charge on any atom is 0.433 e. The highest BCUT2D eigenvalue weighted by atomic mass is 19.4. The number of likely N-dealkylation sites (tertiary alicyclic amines) is 1. The van der Waals surface area contributed by atoms with Crippen LogP contribution in [-0.4, -0.2) is 40.4 Å². The zero-order valence-electron chi connectivity index (χ0n) is 21.4. The van der Waals surface area contributed by atoms with Crippen molar-refractivity contribution < 1.29 is 18.0 Å². The van der Waals surface area contributed by atoms with Gasteiger partial charge in [-0.05, 0) is 85.8 Å². The first-order valence-electron chi connectivity index (χ1n) is 12.8. The molecule has 0 unspecified atom stereocenters. The zero-order valence-corrected chi connectivity index (χ0v) is 21.4. The minimum absolute atomic E-state index is 0.0397. The molecule has 1 amide bonds. The number of rotatable bonds is 5. The van der Waals surface area contributed by atoms with Crippen LogP contribution in [0.3, 0.4) is 0 Å². The van der Waals surface area contributed by atoms with E-state index in [0.717, 1.165) is 65.8 Å². The maximum absolute atomic E-state index is 13.3. The van der Waals surface area contributed by atoms with Crippen molar-refractivity contribution in [3.63, 3.8) is 0 Å². The van der Waals surface area contributed by atoms with Crippen molar-refractivity contribution in [3.8, 4) is 11.1 Å². The Labute approximate surface area is 220 Å². The van der Waals surface area contributed by atoms with Crippen LogP contribution in [0.4, 0.5) is 24.5 Å².